The third-order valence-corrected chi connectivity index (χ3v) is 4.99. The summed E-state index contributed by atoms with van der Waals surface area (Å²) in [4.78, 5) is 23.9. The van der Waals surface area contributed by atoms with Gasteiger partial charge in [0.25, 0.3) is 0 Å². The largest absolute Gasteiger partial charge is 0.335 e. The number of ketones is 1. The Morgan fingerprint density at radius 3 is 2.64 bits per heavy atom. The summed E-state index contributed by atoms with van der Waals surface area (Å²) in [7, 11) is 0. The Hall–Kier alpha value is -3.20. The molecule has 1 heterocycles. The molecule has 0 saturated carbocycles. The lowest BCUT2D eigenvalue weighted by Crippen LogP contribution is -2.23. The molecule has 3 rings (SSSR count). The second-order valence-electron chi connectivity index (χ2n) is 6.07. The topological polar surface area (TPSA) is 103 Å². The number of rotatable bonds is 6. The van der Waals surface area contributed by atoms with Gasteiger partial charge in [-0.2, -0.15) is 0 Å². The van der Waals surface area contributed by atoms with E-state index in [9.17, 15) is 14.0 Å². The molecule has 0 radical (unpaired) electrons. The molecule has 0 spiro atoms. The van der Waals surface area contributed by atoms with Crippen molar-refractivity contribution >= 4 is 29.1 Å². The van der Waals surface area contributed by atoms with Crippen molar-refractivity contribution in [3.8, 4) is 11.4 Å². The van der Waals surface area contributed by atoms with Crippen LogP contribution in [-0.4, -0.2) is 31.8 Å². The SMILES string of the molecule is CC(=O)c1cccc(NC(=O)[C@@H](C)Sc2nnc(-c3cccc(F)c3)n2N)c1. The standard InChI is InChI=1S/C19H18FN5O2S/c1-11(26)13-5-4-8-16(10-13)22-18(27)12(2)28-19-24-23-17(25(19)21)14-6-3-7-15(20)9-14/h3-10,12H,21H2,1-2H3,(H,22,27)/t12-/m1/s1. The Kier molecular flexibility index (Phi) is 5.74. The molecule has 0 aliphatic rings. The molecule has 3 aromatic rings. The van der Waals surface area contributed by atoms with E-state index in [-0.39, 0.29) is 11.7 Å². The second kappa shape index (κ2) is 8.22. The highest BCUT2D eigenvalue weighted by molar-refractivity contribution is 8.00. The van der Waals surface area contributed by atoms with E-state index in [0.717, 1.165) is 11.8 Å². The number of benzene rings is 2. The van der Waals surface area contributed by atoms with Gasteiger partial charge in [0.2, 0.25) is 11.1 Å². The van der Waals surface area contributed by atoms with Gasteiger partial charge in [-0.05, 0) is 38.1 Å². The normalized spacial score (nSPS) is 11.8. The van der Waals surface area contributed by atoms with Crippen LogP contribution in [0.15, 0.2) is 53.7 Å². The lowest BCUT2D eigenvalue weighted by Gasteiger charge is -2.12. The Balaban J connectivity index is 1.71. The number of aromatic nitrogens is 3. The molecule has 7 nitrogen and oxygen atoms in total. The minimum Gasteiger partial charge on any atom is -0.335 e. The number of nitrogens with one attached hydrogen (secondary N) is 1. The van der Waals surface area contributed by atoms with Crippen LogP contribution < -0.4 is 11.2 Å². The van der Waals surface area contributed by atoms with Gasteiger partial charge in [0.1, 0.15) is 5.82 Å². The number of thioether (sulfide) groups is 1. The summed E-state index contributed by atoms with van der Waals surface area (Å²) in [5, 5.41) is 10.5. The summed E-state index contributed by atoms with van der Waals surface area (Å²) in [5.41, 5.74) is 1.53. The maximum atomic E-state index is 13.4. The highest BCUT2D eigenvalue weighted by Gasteiger charge is 2.20. The number of hydrogen-bond donors (Lipinski definition) is 2. The number of halogens is 1. The maximum Gasteiger partial charge on any atom is 0.237 e. The molecule has 9 heteroatoms. The molecule has 0 aliphatic carbocycles. The number of nitrogens with two attached hydrogens (primary N) is 1. The first-order valence-corrected chi connectivity index (χ1v) is 9.28. The van der Waals surface area contributed by atoms with Crippen LogP contribution >= 0.6 is 11.8 Å². The van der Waals surface area contributed by atoms with Crippen LogP contribution in [0, 0.1) is 5.82 Å². The lowest BCUT2D eigenvalue weighted by molar-refractivity contribution is -0.115. The highest BCUT2D eigenvalue weighted by Crippen LogP contribution is 2.26. The summed E-state index contributed by atoms with van der Waals surface area (Å²) in [6.45, 7) is 3.16. The zero-order chi connectivity index (χ0) is 20.3. The van der Waals surface area contributed by atoms with Gasteiger partial charge in [0, 0.05) is 16.8 Å². The van der Waals surface area contributed by atoms with E-state index in [2.05, 4.69) is 15.5 Å². The zero-order valence-electron chi connectivity index (χ0n) is 15.2. The molecule has 1 aromatic heterocycles. The molecule has 1 amide bonds. The molecular weight excluding hydrogens is 381 g/mol. The smallest absolute Gasteiger partial charge is 0.237 e. The highest BCUT2D eigenvalue weighted by atomic mass is 32.2. The van der Waals surface area contributed by atoms with Crippen molar-refractivity contribution in [3.63, 3.8) is 0 Å². The van der Waals surface area contributed by atoms with Crippen LogP contribution in [-0.2, 0) is 4.79 Å². The van der Waals surface area contributed by atoms with Gasteiger partial charge in [-0.1, -0.05) is 36.0 Å². The van der Waals surface area contributed by atoms with Gasteiger partial charge in [0.05, 0.1) is 5.25 Å². The van der Waals surface area contributed by atoms with Crippen LogP contribution in [0.1, 0.15) is 24.2 Å². The monoisotopic (exact) mass is 399 g/mol. The Morgan fingerprint density at radius 1 is 1.18 bits per heavy atom. The second-order valence-corrected chi connectivity index (χ2v) is 7.38. The number of anilines is 1. The van der Waals surface area contributed by atoms with Crippen LogP contribution in [0.5, 0.6) is 0 Å². The molecule has 0 fully saturated rings. The first kappa shape index (κ1) is 19.6. The molecule has 2 aromatic carbocycles. The average molecular weight is 399 g/mol. The number of carbonyl (C=O) groups excluding carboxylic acids is 2. The van der Waals surface area contributed by atoms with Crippen molar-refractivity contribution in [2.75, 3.05) is 11.2 Å². The third-order valence-electron chi connectivity index (χ3n) is 3.94. The summed E-state index contributed by atoms with van der Waals surface area (Å²) >= 11 is 1.12. The van der Waals surface area contributed by atoms with Crippen molar-refractivity contribution in [1.82, 2.24) is 14.9 Å². The molecule has 0 unspecified atom stereocenters. The van der Waals surface area contributed by atoms with E-state index >= 15 is 0 Å². The third kappa shape index (κ3) is 4.37. The minimum absolute atomic E-state index is 0.0837. The number of Topliss-reactive ketones (excluding diaryl/α,β-unsaturated/α-hetero) is 1. The summed E-state index contributed by atoms with van der Waals surface area (Å²) in [5.74, 6) is 5.55. The maximum absolute atomic E-state index is 13.4. The quantitative estimate of drug-likeness (QED) is 0.375. The van der Waals surface area contributed by atoms with E-state index in [1.165, 1.54) is 23.7 Å². The predicted octanol–water partition coefficient (Wildman–Crippen LogP) is 3.12. The Labute approximate surface area is 165 Å². The zero-order valence-corrected chi connectivity index (χ0v) is 16.0. The number of amides is 1. The van der Waals surface area contributed by atoms with Crippen molar-refractivity contribution in [2.45, 2.75) is 24.3 Å². The summed E-state index contributed by atoms with van der Waals surface area (Å²) < 4.78 is 14.6. The van der Waals surface area contributed by atoms with Crippen LogP contribution in [0.3, 0.4) is 0 Å². The fraction of sp³-hybridized carbons (Fsp3) is 0.158. The van der Waals surface area contributed by atoms with Gasteiger partial charge in [0.15, 0.2) is 11.6 Å². The van der Waals surface area contributed by atoms with Crippen molar-refractivity contribution in [1.29, 1.82) is 0 Å². The van der Waals surface area contributed by atoms with Gasteiger partial charge < -0.3 is 11.2 Å². The fourth-order valence-electron chi connectivity index (χ4n) is 2.45. The first-order valence-electron chi connectivity index (χ1n) is 8.40. The lowest BCUT2D eigenvalue weighted by atomic mass is 10.1. The number of nitrogen functional groups attached to an aromatic ring is 1. The molecule has 3 N–H and O–H groups in total. The van der Waals surface area contributed by atoms with E-state index in [1.54, 1.807) is 43.3 Å². The first-order chi connectivity index (χ1) is 13.3. The van der Waals surface area contributed by atoms with Gasteiger partial charge in [-0.3, -0.25) is 9.59 Å². The van der Waals surface area contributed by atoms with Crippen molar-refractivity contribution < 1.29 is 14.0 Å². The van der Waals surface area contributed by atoms with Crippen molar-refractivity contribution in [3.05, 3.63) is 59.9 Å². The van der Waals surface area contributed by atoms with E-state index < -0.39 is 11.1 Å². The predicted molar refractivity (Wildman–Crippen MR) is 106 cm³/mol. The fourth-order valence-corrected chi connectivity index (χ4v) is 3.22. The van der Waals surface area contributed by atoms with Crippen LogP contribution in [0.2, 0.25) is 0 Å². The summed E-state index contributed by atoms with van der Waals surface area (Å²) in [6.07, 6.45) is 0. The molecular formula is C19H18FN5O2S. The molecule has 144 valence electrons. The van der Waals surface area contributed by atoms with Gasteiger partial charge >= 0.3 is 0 Å². The van der Waals surface area contributed by atoms with Gasteiger partial charge in [-0.25, -0.2) is 9.07 Å². The van der Waals surface area contributed by atoms with E-state index in [0.29, 0.717) is 27.8 Å². The van der Waals surface area contributed by atoms with Gasteiger partial charge in [-0.15, -0.1) is 10.2 Å². The number of nitrogens with zero attached hydrogens (tertiary/aromatic N) is 3. The molecule has 28 heavy (non-hydrogen) atoms. The molecule has 0 bridgehead atoms. The Morgan fingerprint density at radius 2 is 1.93 bits per heavy atom. The number of hydrogen-bond acceptors (Lipinski definition) is 6. The molecule has 0 saturated heterocycles. The average Bonchev–Trinajstić information content (AvgIpc) is 3.02. The van der Waals surface area contributed by atoms with E-state index in [4.69, 9.17) is 5.84 Å². The molecule has 0 aliphatic heterocycles. The summed E-state index contributed by atoms with van der Waals surface area (Å²) in [6, 6.07) is 12.6. The molecule has 1 atom stereocenters. The Bertz CT molecular complexity index is 1040. The number of carbonyl (C=O) groups is 2. The van der Waals surface area contributed by atoms with Crippen molar-refractivity contribution in [2.24, 2.45) is 0 Å². The van der Waals surface area contributed by atoms with Crippen LogP contribution in [0.25, 0.3) is 11.4 Å². The van der Waals surface area contributed by atoms with Crippen LogP contribution in [0.4, 0.5) is 10.1 Å². The minimum atomic E-state index is -0.534. The van der Waals surface area contributed by atoms with E-state index in [1.807, 2.05) is 0 Å².